The highest BCUT2D eigenvalue weighted by Crippen LogP contribution is 2.36. The molecule has 3 nitrogen and oxygen atoms in total. The third-order valence-electron chi connectivity index (χ3n) is 3.77. The number of carbonyl (C=O) groups is 1. The maximum Gasteiger partial charge on any atom is 0.251 e. The lowest BCUT2D eigenvalue weighted by atomic mass is 9.82. The third-order valence-corrected chi connectivity index (χ3v) is 4.83. The van der Waals surface area contributed by atoms with Gasteiger partial charge in [0.15, 0.2) is 0 Å². The van der Waals surface area contributed by atoms with Crippen LogP contribution in [-0.2, 0) is 0 Å². The van der Waals surface area contributed by atoms with Gasteiger partial charge in [-0.3, -0.25) is 4.79 Å². The largest absolute Gasteiger partial charge is 0.379 e. The fourth-order valence-corrected chi connectivity index (χ4v) is 3.82. The molecule has 1 fully saturated rings. The van der Waals surface area contributed by atoms with Gasteiger partial charge >= 0.3 is 0 Å². The molecule has 0 spiro atoms. The molecule has 0 radical (unpaired) electrons. The Morgan fingerprint density at radius 3 is 2.70 bits per heavy atom. The number of benzene rings is 1. The van der Waals surface area contributed by atoms with Crippen LogP contribution in [0.4, 0.5) is 14.5 Å². The molecule has 0 aromatic heterocycles. The first-order chi connectivity index (χ1) is 9.31. The Labute approximate surface area is 121 Å². The number of rotatable bonds is 3. The van der Waals surface area contributed by atoms with Gasteiger partial charge in [0.2, 0.25) is 0 Å². The summed E-state index contributed by atoms with van der Waals surface area (Å²) in [6, 6.07) is 1.91. The van der Waals surface area contributed by atoms with E-state index in [1.54, 1.807) is 11.8 Å². The standard InChI is InChI=1S/C14H18F2N2OS/c1-14(2)3-4-20-7-12(14)18-11-5-8(13(17)19)9(15)6-10(11)16/h5-6,12,18H,3-4,7H2,1-2H3,(H2,17,19). The van der Waals surface area contributed by atoms with Gasteiger partial charge in [0.1, 0.15) is 11.6 Å². The number of halogens is 2. The normalized spacial score (nSPS) is 21.5. The number of nitrogens with two attached hydrogens (primary N) is 1. The summed E-state index contributed by atoms with van der Waals surface area (Å²) in [4.78, 5) is 11.1. The molecule has 1 aliphatic rings. The summed E-state index contributed by atoms with van der Waals surface area (Å²) in [6.07, 6.45) is 1.01. The highest BCUT2D eigenvalue weighted by Gasteiger charge is 2.33. The first-order valence-electron chi connectivity index (χ1n) is 6.44. The lowest BCUT2D eigenvalue weighted by Crippen LogP contribution is -2.41. The molecule has 1 amide bonds. The van der Waals surface area contributed by atoms with Gasteiger partial charge < -0.3 is 11.1 Å². The van der Waals surface area contributed by atoms with Crippen molar-refractivity contribution < 1.29 is 13.6 Å². The molecule has 2 rings (SSSR count). The molecule has 20 heavy (non-hydrogen) atoms. The van der Waals surface area contributed by atoms with E-state index in [0.29, 0.717) is 6.07 Å². The van der Waals surface area contributed by atoms with Crippen molar-refractivity contribution in [3.63, 3.8) is 0 Å². The monoisotopic (exact) mass is 300 g/mol. The van der Waals surface area contributed by atoms with Gasteiger partial charge in [0.25, 0.3) is 5.91 Å². The molecule has 1 aromatic rings. The summed E-state index contributed by atoms with van der Waals surface area (Å²) in [5.74, 6) is -0.626. The van der Waals surface area contributed by atoms with E-state index in [9.17, 15) is 13.6 Å². The van der Waals surface area contributed by atoms with E-state index in [1.807, 2.05) is 0 Å². The number of carbonyl (C=O) groups excluding carboxylic acids is 1. The molecule has 110 valence electrons. The van der Waals surface area contributed by atoms with Crippen LogP contribution in [0, 0.1) is 17.0 Å². The molecule has 1 atom stereocenters. The molecule has 1 heterocycles. The summed E-state index contributed by atoms with van der Waals surface area (Å²) in [7, 11) is 0. The van der Waals surface area contributed by atoms with Gasteiger partial charge in [-0.2, -0.15) is 11.8 Å². The van der Waals surface area contributed by atoms with Crippen molar-refractivity contribution in [2.24, 2.45) is 11.1 Å². The van der Waals surface area contributed by atoms with Crippen LogP contribution >= 0.6 is 11.8 Å². The summed E-state index contributed by atoms with van der Waals surface area (Å²) in [6.45, 7) is 4.22. The summed E-state index contributed by atoms with van der Waals surface area (Å²) >= 11 is 1.79. The Kier molecular flexibility index (Phi) is 4.22. The van der Waals surface area contributed by atoms with Crippen LogP contribution in [-0.4, -0.2) is 23.5 Å². The van der Waals surface area contributed by atoms with Crippen molar-refractivity contribution in [3.8, 4) is 0 Å². The predicted molar refractivity (Wildman–Crippen MR) is 78.0 cm³/mol. The highest BCUT2D eigenvalue weighted by molar-refractivity contribution is 7.99. The quantitative estimate of drug-likeness (QED) is 0.902. The zero-order valence-electron chi connectivity index (χ0n) is 11.5. The maximum absolute atomic E-state index is 13.8. The first-order valence-corrected chi connectivity index (χ1v) is 7.60. The van der Waals surface area contributed by atoms with E-state index in [4.69, 9.17) is 5.73 Å². The zero-order chi connectivity index (χ0) is 14.9. The molecular weight excluding hydrogens is 282 g/mol. The summed E-state index contributed by atoms with van der Waals surface area (Å²) in [5.41, 5.74) is 4.93. The Morgan fingerprint density at radius 2 is 2.10 bits per heavy atom. The topological polar surface area (TPSA) is 55.1 Å². The average molecular weight is 300 g/mol. The van der Waals surface area contributed by atoms with E-state index in [2.05, 4.69) is 19.2 Å². The van der Waals surface area contributed by atoms with E-state index in [0.717, 1.165) is 24.0 Å². The van der Waals surface area contributed by atoms with E-state index in [-0.39, 0.29) is 22.7 Å². The smallest absolute Gasteiger partial charge is 0.251 e. The molecule has 1 aliphatic heterocycles. The zero-order valence-corrected chi connectivity index (χ0v) is 12.3. The lowest BCUT2D eigenvalue weighted by Gasteiger charge is -2.39. The third kappa shape index (κ3) is 3.06. The van der Waals surface area contributed by atoms with Gasteiger partial charge in [-0.25, -0.2) is 8.78 Å². The van der Waals surface area contributed by atoms with Gasteiger partial charge in [-0.15, -0.1) is 0 Å². The Balaban J connectivity index is 2.29. The van der Waals surface area contributed by atoms with Crippen LogP contribution in [0.15, 0.2) is 12.1 Å². The lowest BCUT2D eigenvalue weighted by molar-refractivity contribution is 0.0996. The second kappa shape index (κ2) is 5.60. The van der Waals surface area contributed by atoms with Gasteiger partial charge in [-0.1, -0.05) is 13.8 Å². The molecule has 0 aliphatic carbocycles. The Hall–Kier alpha value is -1.30. The summed E-state index contributed by atoms with van der Waals surface area (Å²) in [5, 5.41) is 3.09. The number of thioether (sulfide) groups is 1. The van der Waals surface area contributed by atoms with Crippen molar-refractivity contribution >= 4 is 23.4 Å². The molecule has 0 bridgehead atoms. The van der Waals surface area contributed by atoms with Crippen LogP contribution in [0.5, 0.6) is 0 Å². The van der Waals surface area contributed by atoms with Crippen LogP contribution < -0.4 is 11.1 Å². The van der Waals surface area contributed by atoms with E-state index >= 15 is 0 Å². The Bertz CT molecular complexity index is 534. The molecule has 0 saturated carbocycles. The van der Waals surface area contributed by atoms with Crippen molar-refractivity contribution in [2.75, 3.05) is 16.8 Å². The molecule has 6 heteroatoms. The molecule has 1 saturated heterocycles. The molecule has 1 unspecified atom stereocenters. The number of anilines is 1. The molecular formula is C14H18F2N2OS. The summed E-state index contributed by atoms with van der Waals surface area (Å²) < 4.78 is 27.3. The SMILES string of the molecule is CC1(C)CCSCC1Nc1cc(C(N)=O)c(F)cc1F. The van der Waals surface area contributed by atoms with Crippen molar-refractivity contribution in [1.29, 1.82) is 0 Å². The van der Waals surface area contributed by atoms with Crippen LogP contribution in [0.2, 0.25) is 0 Å². The van der Waals surface area contributed by atoms with E-state index in [1.165, 1.54) is 0 Å². The first kappa shape index (κ1) is 15.1. The minimum atomic E-state index is -0.933. The number of nitrogens with one attached hydrogen (secondary N) is 1. The van der Waals surface area contributed by atoms with Crippen molar-refractivity contribution in [2.45, 2.75) is 26.3 Å². The van der Waals surface area contributed by atoms with Gasteiger partial charge in [-0.05, 0) is 23.7 Å². The highest BCUT2D eigenvalue weighted by atomic mass is 32.2. The minimum absolute atomic E-state index is 0.0129. The fraction of sp³-hybridized carbons (Fsp3) is 0.500. The minimum Gasteiger partial charge on any atom is -0.379 e. The molecule has 3 N–H and O–H groups in total. The Morgan fingerprint density at radius 1 is 1.40 bits per heavy atom. The van der Waals surface area contributed by atoms with Crippen LogP contribution in [0.25, 0.3) is 0 Å². The molecule has 1 aromatic carbocycles. The van der Waals surface area contributed by atoms with Crippen LogP contribution in [0.1, 0.15) is 30.6 Å². The van der Waals surface area contributed by atoms with Crippen molar-refractivity contribution in [1.82, 2.24) is 0 Å². The van der Waals surface area contributed by atoms with Gasteiger partial charge in [0, 0.05) is 17.9 Å². The maximum atomic E-state index is 13.8. The van der Waals surface area contributed by atoms with Crippen LogP contribution in [0.3, 0.4) is 0 Å². The second-order valence-electron chi connectivity index (χ2n) is 5.69. The average Bonchev–Trinajstić information content (AvgIpc) is 2.34. The number of hydrogen-bond donors (Lipinski definition) is 2. The predicted octanol–water partition coefficient (Wildman–Crippen LogP) is 3.01. The number of primary amides is 1. The number of hydrogen-bond acceptors (Lipinski definition) is 3. The second-order valence-corrected chi connectivity index (χ2v) is 6.84. The number of amides is 1. The van der Waals surface area contributed by atoms with Gasteiger partial charge in [0.05, 0.1) is 11.3 Å². The van der Waals surface area contributed by atoms with Crippen molar-refractivity contribution in [3.05, 3.63) is 29.3 Å². The fourth-order valence-electron chi connectivity index (χ4n) is 2.21. The van der Waals surface area contributed by atoms with E-state index < -0.39 is 17.5 Å².